The Morgan fingerprint density at radius 1 is 0.168 bits per heavy atom. The first-order valence-corrected chi connectivity index (χ1v) is 34.6. The number of nitrogens with zero attached hydrogens (tertiary/aromatic N) is 12. The second-order valence-electron chi connectivity index (χ2n) is 26.3. The largest absolute Gasteiger partial charge is 2.00 e. The molecule has 15 heteroatoms. The van der Waals surface area contributed by atoms with Crippen LogP contribution in [0.4, 0.5) is 0 Å². The van der Waals surface area contributed by atoms with Gasteiger partial charge in [0.05, 0.1) is 68.3 Å². The van der Waals surface area contributed by atoms with E-state index in [1.54, 1.807) is 0 Å². The van der Waals surface area contributed by atoms with Crippen molar-refractivity contribution >= 4 is 134 Å². The summed E-state index contributed by atoms with van der Waals surface area (Å²) in [6.07, 6.45) is 7.95. The van der Waals surface area contributed by atoms with Crippen LogP contribution in [-0.4, -0.2) is 29.9 Å². The molecule has 0 atom stereocenters. The summed E-state index contributed by atoms with van der Waals surface area (Å²) in [7, 11) is 0. The number of benzene rings is 8. The molecular formula is C92H52Cu2N12Zn. The number of aromatic nitrogens is 12. The van der Waals surface area contributed by atoms with E-state index < -0.39 is 0 Å². The number of rotatable bonds is 0. The Kier molecular flexibility index (Phi) is 16.8. The molecule has 8 aromatic carbocycles. The molecule has 9 aromatic heterocycles. The molecule has 15 heterocycles. The molecular weight excluding hydrogens is 1470 g/mol. The number of fused-ring (bicyclic) bond motifs is 48. The van der Waals surface area contributed by atoms with E-state index in [1.807, 2.05) is 72.8 Å². The molecule has 6 aliphatic rings. The van der Waals surface area contributed by atoms with Crippen LogP contribution in [0.2, 0.25) is 0 Å². The summed E-state index contributed by atoms with van der Waals surface area (Å²) in [6, 6.07) is 100.0. The van der Waals surface area contributed by atoms with Crippen molar-refractivity contribution in [3.8, 4) is 90.1 Å². The molecule has 12 nitrogen and oxygen atoms in total. The van der Waals surface area contributed by atoms with Crippen LogP contribution in [0.3, 0.4) is 0 Å². The van der Waals surface area contributed by atoms with Crippen molar-refractivity contribution in [1.82, 2.24) is 59.8 Å². The maximum atomic E-state index is 5.13. The van der Waals surface area contributed by atoms with Crippen molar-refractivity contribution in [3.63, 3.8) is 0 Å². The molecule has 0 spiro atoms. The molecule has 504 valence electrons. The van der Waals surface area contributed by atoms with E-state index in [0.717, 1.165) is 222 Å². The van der Waals surface area contributed by atoms with Crippen molar-refractivity contribution in [2.24, 2.45) is 0 Å². The second kappa shape index (κ2) is 27.1. The average Bonchev–Trinajstić information content (AvgIpc) is 1.61. The Balaban J connectivity index is 0.000000116. The minimum absolute atomic E-state index is 0. The van der Waals surface area contributed by atoms with E-state index in [4.69, 9.17) is 39.9 Å². The van der Waals surface area contributed by atoms with Gasteiger partial charge in [-0.3, -0.25) is 0 Å². The smallest absolute Gasteiger partial charge is 0.658 e. The van der Waals surface area contributed by atoms with E-state index in [2.05, 4.69) is 263 Å². The zero-order chi connectivity index (χ0) is 68.3. The fraction of sp³-hybridized carbons (Fsp3) is 0. The molecule has 0 amide bonds. The van der Waals surface area contributed by atoms with E-state index in [0.29, 0.717) is 0 Å². The molecule has 2 radical (unpaired) electrons. The fourth-order valence-electron chi connectivity index (χ4n) is 15.1. The van der Waals surface area contributed by atoms with Crippen LogP contribution >= 0.6 is 0 Å². The van der Waals surface area contributed by atoms with Gasteiger partial charge in [-0.1, -0.05) is 243 Å². The Morgan fingerprint density at radius 2 is 0.327 bits per heavy atom. The Labute approximate surface area is 646 Å². The first kappa shape index (κ1) is 66.3. The SMILES string of the molecule is C1=Cc2cc3ccc(cc4nc(cc5ccc(cc1n2)[n-]5)C=C4)[n-]3.[Cu+2].[Cu+2].[Zn+2].c1ccc2c(c1)-c1cc3[n-]c(cc4nc(cc5[n-]c(cc-2n1)c1ccccc51)-c1ccccc1-4)c1ccccc31.c1ccc2c(c1)-c1cc3[n-]c(cc4nc(cc5[n-]c(cc-2n1)c1ccccc51)-c1ccccc1-4)c1ccccc31. The molecule has 24 bridgehead atoms. The van der Waals surface area contributed by atoms with Gasteiger partial charge in [0.25, 0.3) is 0 Å². The van der Waals surface area contributed by atoms with Gasteiger partial charge in [-0.25, -0.2) is 29.9 Å². The molecule has 23 rings (SSSR count). The summed E-state index contributed by atoms with van der Waals surface area (Å²) in [5.41, 5.74) is 30.5. The molecule has 17 aromatic rings. The predicted molar refractivity (Wildman–Crippen MR) is 422 cm³/mol. The Bertz CT molecular complexity index is 6020. The normalized spacial score (nSPS) is 11.8. The van der Waals surface area contributed by atoms with E-state index in [1.165, 1.54) is 0 Å². The molecule has 0 fully saturated rings. The average molecular weight is 1520 g/mol. The summed E-state index contributed by atoms with van der Waals surface area (Å²) in [5.74, 6) is 0. The van der Waals surface area contributed by atoms with Crippen LogP contribution in [0.1, 0.15) is 22.8 Å². The Morgan fingerprint density at radius 3 is 0.495 bits per heavy atom. The second-order valence-corrected chi connectivity index (χ2v) is 26.3. The quantitative estimate of drug-likeness (QED) is 0.132. The van der Waals surface area contributed by atoms with Crippen molar-refractivity contribution in [1.29, 1.82) is 0 Å². The van der Waals surface area contributed by atoms with Crippen LogP contribution in [0, 0.1) is 0 Å². The third-order valence-corrected chi connectivity index (χ3v) is 19.9. The maximum absolute atomic E-state index is 5.13. The van der Waals surface area contributed by atoms with E-state index in [9.17, 15) is 0 Å². The molecule has 0 saturated heterocycles. The molecule has 0 N–H and O–H groups in total. The maximum Gasteiger partial charge on any atom is 2.00 e. The fourth-order valence-corrected chi connectivity index (χ4v) is 15.1. The summed E-state index contributed by atoms with van der Waals surface area (Å²) in [5, 5.41) is 8.82. The van der Waals surface area contributed by atoms with Gasteiger partial charge in [0, 0.05) is 44.5 Å². The van der Waals surface area contributed by atoms with Gasteiger partial charge in [-0.15, -0.1) is 66.2 Å². The molecule has 0 aliphatic carbocycles. The standard InChI is InChI=1S/2C36H20N4.C20H12N4.2Cu.Zn/c2*1-2-10-22-21(9-1)29-17-31-23-11-3-4-12-24(23)33(38-31)19-35-27-15-7-8-16-28(27)36(40-35)20-34-26-14-6-5-13-25(26)32(39-34)18-30(22)37-29;1-2-14-10-16-5-6-18(23-16)12-20-8-7-19(24-20)11-17-4-3-15(22-17)9-13(1)21-14;;;/h2*1-20H;1-12H;;;/q3*-2;3*+2. The monoisotopic (exact) mass is 1510 g/mol. The summed E-state index contributed by atoms with van der Waals surface area (Å²) in [4.78, 5) is 59.4. The van der Waals surface area contributed by atoms with Gasteiger partial charge >= 0.3 is 53.6 Å². The van der Waals surface area contributed by atoms with Crippen molar-refractivity contribution in [2.75, 3.05) is 0 Å². The minimum atomic E-state index is 0. The molecule has 0 saturated carbocycles. The van der Waals surface area contributed by atoms with Crippen LogP contribution in [0.25, 0.3) is 224 Å². The third kappa shape index (κ3) is 11.9. The zero-order valence-corrected chi connectivity index (χ0v) is 61.5. The summed E-state index contributed by atoms with van der Waals surface area (Å²) >= 11 is 0. The van der Waals surface area contributed by atoms with Gasteiger partial charge in [0.1, 0.15) is 0 Å². The van der Waals surface area contributed by atoms with Gasteiger partial charge < -0.3 is 29.9 Å². The van der Waals surface area contributed by atoms with Crippen LogP contribution in [0.15, 0.2) is 291 Å². The van der Waals surface area contributed by atoms with E-state index >= 15 is 0 Å². The van der Waals surface area contributed by atoms with E-state index in [-0.39, 0.29) is 53.6 Å². The zero-order valence-electron chi connectivity index (χ0n) is 56.7. The predicted octanol–water partition coefficient (Wildman–Crippen LogP) is 21.0. The van der Waals surface area contributed by atoms with Gasteiger partial charge in [0.2, 0.25) is 0 Å². The van der Waals surface area contributed by atoms with Crippen molar-refractivity contribution < 1.29 is 53.6 Å². The topological polar surface area (TPSA) is 162 Å². The van der Waals surface area contributed by atoms with Crippen LogP contribution < -0.4 is 29.9 Å². The van der Waals surface area contributed by atoms with Gasteiger partial charge in [0.15, 0.2) is 0 Å². The van der Waals surface area contributed by atoms with Gasteiger partial charge in [-0.2, -0.15) is 0 Å². The molecule has 107 heavy (non-hydrogen) atoms. The first-order chi connectivity index (χ1) is 51.4. The summed E-state index contributed by atoms with van der Waals surface area (Å²) < 4.78 is 0. The Hall–Kier alpha value is -12.7. The minimum Gasteiger partial charge on any atom is -0.658 e. The number of hydrogen-bond acceptors (Lipinski definition) is 6. The third-order valence-electron chi connectivity index (χ3n) is 19.9. The molecule has 6 aliphatic heterocycles. The van der Waals surface area contributed by atoms with Crippen LogP contribution in [0.5, 0.6) is 0 Å². The molecule has 0 unspecified atom stereocenters. The summed E-state index contributed by atoms with van der Waals surface area (Å²) in [6.45, 7) is 0. The van der Waals surface area contributed by atoms with Gasteiger partial charge in [-0.05, 0) is 116 Å². The number of hydrogen-bond donors (Lipinski definition) is 0. The van der Waals surface area contributed by atoms with Crippen molar-refractivity contribution in [3.05, 3.63) is 314 Å². The van der Waals surface area contributed by atoms with Crippen molar-refractivity contribution in [2.45, 2.75) is 0 Å². The first-order valence-electron chi connectivity index (χ1n) is 34.6. The van der Waals surface area contributed by atoms with Crippen LogP contribution in [-0.2, 0) is 53.6 Å².